The Labute approximate surface area is 96.0 Å². The average Bonchev–Trinajstić information content (AvgIpc) is 2.17. The van der Waals surface area contributed by atoms with Gasteiger partial charge in [0.15, 0.2) is 0 Å². The second-order valence-electron chi connectivity index (χ2n) is 2.99. The van der Waals surface area contributed by atoms with Crippen molar-refractivity contribution in [2.24, 2.45) is 0 Å². The van der Waals surface area contributed by atoms with Gasteiger partial charge >= 0.3 is 0 Å². The van der Waals surface area contributed by atoms with E-state index in [4.69, 9.17) is 10.5 Å². The molecule has 0 radical (unpaired) electrons. The number of hydrogen-bond acceptors (Lipinski definition) is 3. The summed E-state index contributed by atoms with van der Waals surface area (Å²) in [6.07, 6.45) is 1.68. The van der Waals surface area contributed by atoms with E-state index >= 15 is 0 Å². The van der Waals surface area contributed by atoms with Crippen LogP contribution < -0.4 is 10.5 Å². The molecule has 0 spiro atoms. The Balaban J connectivity index is 2.25. The Morgan fingerprint density at radius 3 is 2.73 bits per heavy atom. The molecule has 4 heteroatoms. The van der Waals surface area contributed by atoms with Crippen LogP contribution in [0.2, 0.25) is 0 Å². The number of nitrogens with zero attached hydrogens (tertiary/aromatic N) is 1. The maximum Gasteiger partial charge on any atom is 0.219 e. The van der Waals surface area contributed by atoms with Crippen molar-refractivity contribution in [2.75, 3.05) is 5.73 Å². The lowest BCUT2D eigenvalue weighted by Crippen LogP contribution is -1.89. The molecule has 0 aliphatic carbocycles. The van der Waals surface area contributed by atoms with Gasteiger partial charge in [0.2, 0.25) is 5.88 Å². The summed E-state index contributed by atoms with van der Waals surface area (Å²) in [7, 11) is 0. The maximum atomic E-state index is 5.68. The fourth-order valence-electron chi connectivity index (χ4n) is 1.17. The van der Waals surface area contributed by atoms with E-state index in [9.17, 15) is 0 Å². The van der Waals surface area contributed by atoms with Gasteiger partial charge in [-0.3, -0.25) is 0 Å². The number of nitrogens with two attached hydrogens (primary N) is 1. The summed E-state index contributed by atoms with van der Waals surface area (Å²) in [6.45, 7) is 0. The third kappa shape index (κ3) is 2.70. The first-order valence-electron chi connectivity index (χ1n) is 4.39. The van der Waals surface area contributed by atoms with Gasteiger partial charge < -0.3 is 10.5 Å². The zero-order valence-corrected chi connectivity index (χ0v) is 9.44. The smallest absolute Gasteiger partial charge is 0.219 e. The van der Waals surface area contributed by atoms with E-state index in [1.165, 1.54) is 0 Å². The summed E-state index contributed by atoms with van der Waals surface area (Å²) in [5.74, 6) is 1.22. The molecule has 0 atom stereocenters. The van der Waals surface area contributed by atoms with Gasteiger partial charge in [-0.1, -0.05) is 22.0 Å². The topological polar surface area (TPSA) is 48.1 Å². The van der Waals surface area contributed by atoms with Crippen molar-refractivity contribution in [3.05, 3.63) is 47.1 Å². The molecule has 0 fully saturated rings. The third-order valence-corrected chi connectivity index (χ3v) is 2.21. The number of hydrogen-bond donors (Lipinski definition) is 1. The molecule has 0 aliphatic heterocycles. The highest BCUT2D eigenvalue weighted by Gasteiger charge is 2.00. The number of nitrogen functional groups attached to an aromatic ring is 1. The molecular weight excluding hydrogens is 256 g/mol. The van der Waals surface area contributed by atoms with Crippen molar-refractivity contribution in [1.29, 1.82) is 0 Å². The largest absolute Gasteiger partial charge is 0.439 e. The molecule has 2 N–H and O–H groups in total. The van der Waals surface area contributed by atoms with Crippen molar-refractivity contribution < 1.29 is 4.74 Å². The van der Waals surface area contributed by atoms with Crippen molar-refractivity contribution in [3.63, 3.8) is 0 Å². The average molecular weight is 265 g/mol. The number of halogens is 1. The van der Waals surface area contributed by atoms with Crippen LogP contribution in [0.5, 0.6) is 11.6 Å². The second kappa shape index (κ2) is 4.31. The predicted octanol–water partition coefficient (Wildman–Crippen LogP) is 3.22. The fourth-order valence-corrected chi connectivity index (χ4v) is 1.66. The Kier molecular flexibility index (Phi) is 2.87. The van der Waals surface area contributed by atoms with Crippen LogP contribution in [0.1, 0.15) is 0 Å². The van der Waals surface area contributed by atoms with Gasteiger partial charge in [-0.25, -0.2) is 4.98 Å². The van der Waals surface area contributed by atoms with E-state index in [1.807, 2.05) is 24.3 Å². The van der Waals surface area contributed by atoms with E-state index in [-0.39, 0.29) is 0 Å². The Morgan fingerprint density at radius 1 is 1.20 bits per heavy atom. The minimum absolute atomic E-state index is 0.551. The standard InChI is InChI=1S/C11H9BrN2O/c12-8-5-9(13)7-10(6-8)15-11-3-1-2-4-14-11/h1-7H,13H2. The normalized spacial score (nSPS) is 9.93. The molecule has 0 saturated carbocycles. The zero-order chi connectivity index (χ0) is 10.7. The van der Waals surface area contributed by atoms with Crippen molar-refractivity contribution >= 4 is 21.6 Å². The Morgan fingerprint density at radius 2 is 2.07 bits per heavy atom. The first-order valence-corrected chi connectivity index (χ1v) is 5.18. The highest BCUT2D eigenvalue weighted by atomic mass is 79.9. The molecule has 1 heterocycles. The van der Waals surface area contributed by atoms with Gasteiger partial charge in [-0.15, -0.1) is 0 Å². The van der Waals surface area contributed by atoms with Crippen molar-refractivity contribution in [3.8, 4) is 11.6 Å². The van der Waals surface area contributed by atoms with Crippen LogP contribution in [-0.2, 0) is 0 Å². The molecule has 2 aromatic rings. The number of ether oxygens (including phenoxy) is 1. The SMILES string of the molecule is Nc1cc(Br)cc(Oc2ccccn2)c1. The molecule has 0 bridgehead atoms. The first-order chi connectivity index (χ1) is 7.24. The molecule has 0 amide bonds. The number of pyridine rings is 1. The summed E-state index contributed by atoms with van der Waals surface area (Å²) in [4.78, 5) is 4.06. The monoisotopic (exact) mass is 264 g/mol. The van der Waals surface area contributed by atoms with Crippen LogP contribution in [0, 0.1) is 0 Å². The van der Waals surface area contributed by atoms with E-state index < -0.39 is 0 Å². The minimum Gasteiger partial charge on any atom is -0.439 e. The molecule has 0 saturated heterocycles. The predicted molar refractivity (Wildman–Crippen MR) is 62.9 cm³/mol. The number of aromatic nitrogens is 1. The zero-order valence-electron chi connectivity index (χ0n) is 7.85. The first kappa shape index (κ1) is 9.98. The van der Waals surface area contributed by atoms with Gasteiger partial charge in [-0.2, -0.15) is 0 Å². The fraction of sp³-hybridized carbons (Fsp3) is 0. The van der Waals surface area contributed by atoms with Crippen LogP contribution >= 0.6 is 15.9 Å². The molecule has 0 unspecified atom stereocenters. The van der Waals surface area contributed by atoms with E-state index in [1.54, 1.807) is 18.3 Å². The van der Waals surface area contributed by atoms with Gasteiger partial charge in [0.25, 0.3) is 0 Å². The van der Waals surface area contributed by atoms with Crippen LogP contribution in [0.3, 0.4) is 0 Å². The van der Waals surface area contributed by atoms with Gasteiger partial charge in [-0.05, 0) is 18.2 Å². The van der Waals surface area contributed by atoms with Gasteiger partial charge in [0.1, 0.15) is 5.75 Å². The van der Waals surface area contributed by atoms with E-state index in [0.717, 1.165) is 4.47 Å². The summed E-state index contributed by atoms with van der Waals surface area (Å²) < 4.78 is 6.40. The van der Waals surface area contributed by atoms with Crippen molar-refractivity contribution in [1.82, 2.24) is 4.98 Å². The van der Waals surface area contributed by atoms with Crippen LogP contribution in [0.4, 0.5) is 5.69 Å². The molecule has 76 valence electrons. The minimum atomic E-state index is 0.551. The van der Waals surface area contributed by atoms with E-state index in [0.29, 0.717) is 17.3 Å². The highest BCUT2D eigenvalue weighted by molar-refractivity contribution is 9.10. The molecule has 2 rings (SSSR count). The molecule has 1 aromatic carbocycles. The second-order valence-corrected chi connectivity index (χ2v) is 3.91. The lowest BCUT2D eigenvalue weighted by atomic mass is 10.3. The molecule has 3 nitrogen and oxygen atoms in total. The number of anilines is 1. The van der Waals surface area contributed by atoms with Gasteiger partial charge in [0.05, 0.1) is 0 Å². The molecular formula is C11H9BrN2O. The Bertz CT molecular complexity index is 439. The van der Waals surface area contributed by atoms with Gasteiger partial charge in [0, 0.05) is 28.5 Å². The lowest BCUT2D eigenvalue weighted by molar-refractivity contribution is 0.463. The lowest BCUT2D eigenvalue weighted by Gasteiger charge is -2.05. The molecule has 0 aliphatic rings. The third-order valence-electron chi connectivity index (χ3n) is 1.75. The van der Waals surface area contributed by atoms with Crippen LogP contribution in [-0.4, -0.2) is 4.98 Å². The number of benzene rings is 1. The van der Waals surface area contributed by atoms with Crippen molar-refractivity contribution in [2.45, 2.75) is 0 Å². The summed E-state index contributed by atoms with van der Waals surface area (Å²) in [5.41, 5.74) is 6.33. The quantitative estimate of drug-likeness (QED) is 0.848. The van der Waals surface area contributed by atoms with Crippen LogP contribution in [0.25, 0.3) is 0 Å². The number of rotatable bonds is 2. The summed E-state index contributed by atoms with van der Waals surface area (Å²) >= 11 is 3.35. The maximum absolute atomic E-state index is 5.68. The highest BCUT2D eigenvalue weighted by Crippen LogP contribution is 2.26. The molecule has 15 heavy (non-hydrogen) atoms. The van der Waals surface area contributed by atoms with E-state index in [2.05, 4.69) is 20.9 Å². The van der Waals surface area contributed by atoms with Crippen LogP contribution in [0.15, 0.2) is 47.1 Å². The Hall–Kier alpha value is -1.55. The molecule has 1 aromatic heterocycles. The summed E-state index contributed by atoms with van der Waals surface area (Å²) in [5, 5.41) is 0. The summed E-state index contributed by atoms with van der Waals surface area (Å²) in [6, 6.07) is 10.9.